The van der Waals surface area contributed by atoms with Crippen LogP contribution in [0, 0.1) is 17.5 Å². The lowest BCUT2D eigenvalue weighted by atomic mass is 10.1. The number of alkyl halides is 2. The van der Waals surface area contributed by atoms with Crippen LogP contribution in [-0.4, -0.2) is 4.98 Å². The van der Waals surface area contributed by atoms with Crippen LogP contribution in [0.5, 0.6) is 0 Å². The van der Waals surface area contributed by atoms with Gasteiger partial charge in [0, 0.05) is 11.8 Å². The number of aromatic nitrogens is 1. The smallest absolute Gasteiger partial charge is 0.280 e. The van der Waals surface area contributed by atoms with Gasteiger partial charge >= 0.3 is 0 Å². The van der Waals surface area contributed by atoms with E-state index in [-0.39, 0.29) is 6.07 Å². The molecular formula is C10H5F5N2. The molecule has 17 heavy (non-hydrogen) atoms. The fourth-order valence-corrected chi connectivity index (χ4v) is 1.47. The number of anilines is 1. The third kappa shape index (κ3) is 1.77. The van der Waals surface area contributed by atoms with Gasteiger partial charge in [-0.05, 0) is 6.07 Å². The van der Waals surface area contributed by atoms with Gasteiger partial charge in [0.05, 0.1) is 5.39 Å². The van der Waals surface area contributed by atoms with Crippen molar-refractivity contribution in [3.63, 3.8) is 0 Å². The van der Waals surface area contributed by atoms with Gasteiger partial charge in [-0.2, -0.15) is 0 Å². The van der Waals surface area contributed by atoms with Gasteiger partial charge in [0.15, 0.2) is 11.6 Å². The molecule has 2 N–H and O–H groups in total. The fourth-order valence-electron chi connectivity index (χ4n) is 1.47. The Bertz CT molecular complexity index is 597. The lowest BCUT2D eigenvalue weighted by Crippen LogP contribution is -2.01. The zero-order chi connectivity index (χ0) is 12.7. The molecule has 0 unspecified atom stereocenters. The van der Waals surface area contributed by atoms with Crippen molar-refractivity contribution in [1.82, 2.24) is 4.98 Å². The Kier molecular flexibility index (Phi) is 2.60. The van der Waals surface area contributed by atoms with Crippen LogP contribution in [0.1, 0.15) is 12.1 Å². The van der Waals surface area contributed by atoms with E-state index in [1.54, 1.807) is 0 Å². The molecule has 0 aliphatic heterocycles. The molecule has 2 nitrogen and oxygen atoms in total. The van der Waals surface area contributed by atoms with E-state index in [4.69, 9.17) is 5.73 Å². The van der Waals surface area contributed by atoms with Crippen molar-refractivity contribution in [3.05, 3.63) is 35.3 Å². The van der Waals surface area contributed by atoms with Crippen molar-refractivity contribution in [1.29, 1.82) is 0 Å². The predicted octanol–water partition coefficient (Wildman–Crippen LogP) is 3.17. The van der Waals surface area contributed by atoms with Crippen LogP contribution < -0.4 is 5.73 Å². The van der Waals surface area contributed by atoms with E-state index >= 15 is 0 Å². The van der Waals surface area contributed by atoms with Crippen molar-refractivity contribution < 1.29 is 22.0 Å². The number of fused-ring (bicyclic) bond motifs is 1. The van der Waals surface area contributed by atoms with Gasteiger partial charge in [0.1, 0.15) is 17.0 Å². The first-order valence-corrected chi connectivity index (χ1v) is 4.43. The highest BCUT2D eigenvalue weighted by Crippen LogP contribution is 2.30. The molecule has 1 aromatic heterocycles. The van der Waals surface area contributed by atoms with Gasteiger partial charge in [0.2, 0.25) is 0 Å². The van der Waals surface area contributed by atoms with Crippen LogP contribution in [-0.2, 0) is 0 Å². The number of nitrogens with two attached hydrogens (primary N) is 1. The first kappa shape index (κ1) is 11.6. The molecular weight excluding hydrogens is 243 g/mol. The maximum absolute atomic E-state index is 13.3. The van der Waals surface area contributed by atoms with Crippen LogP contribution in [0.3, 0.4) is 0 Å². The maximum atomic E-state index is 13.3. The molecule has 2 aromatic rings. The summed E-state index contributed by atoms with van der Waals surface area (Å²) in [5.74, 6) is -4.16. The van der Waals surface area contributed by atoms with E-state index in [9.17, 15) is 22.0 Å². The summed E-state index contributed by atoms with van der Waals surface area (Å²) in [4.78, 5) is 3.17. The number of rotatable bonds is 1. The van der Waals surface area contributed by atoms with Crippen LogP contribution in [0.4, 0.5) is 27.6 Å². The molecule has 0 aliphatic carbocycles. The molecule has 0 saturated heterocycles. The lowest BCUT2D eigenvalue weighted by Gasteiger charge is -2.07. The van der Waals surface area contributed by atoms with Gasteiger partial charge in [-0.3, -0.25) is 0 Å². The third-order valence-corrected chi connectivity index (χ3v) is 2.20. The summed E-state index contributed by atoms with van der Waals surface area (Å²) in [5, 5.41) is -0.506. The number of hydrogen-bond donors (Lipinski definition) is 1. The standard InChI is InChI=1S/C10H5F5N2/c11-3-1-4(12)8(13)9-7(3)5(16)2-6(17-9)10(14)15/h1-2,10H,(H2,16,17). The van der Waals surface area contributed by atoms with E-state index in [0.717, 1.165) is 6.07 Å². The Balaban J connectivity index is 2.91. The molecule has 0 bridgehead atoms. The molecule has 0 amide bonds. The number of benzene rings is 1. The number of halogens is 5. The van der Waals surface area contributed by atoms with Crippen molar-refractivity contribution >= 4 is 16.6 Å². The normalized spacial score (nSPS) is 11.4. The summed E-state index contributed by atoms with van der Waals surface area (Å²) >= 11 is 0. The maximum Gasteiger partial charge on any atom is 0.280 e. The van der Waals surface area contributed by atoms with Gasteiger partial charge in [0.25, 0.3) is 6.43 Å². The quantitative estimate of drug-likeness (QED) is 0.621. The minimum Gasteiger partial charge on any atom is -0.398 e. The summed E-state index contributed by atoms with van der Waals surface area (Å²) < 4.78 is 64.3. The summed E-state index contributed by atoms with van der Waals surface area (Å²) in [6.07, 6.45) is -3.01. The Morgan fingerprint density at radius 2 is 1.71 bits per heavy atom. The molecule has 7 heteroatoms. The van der Waals surface area contributed by atoms with E-state index in [1.165, 1.54) is 0 Å². The Labute approximate surface area is 91.9 Å². The highest BCUT2D eigenvalue weighted by atomic mass is 19.3. The largest absolute Gasteiger partial charge is 0.398 e. The van der Waals surface area contributed by atoms with Crippen LogP contribution in [0.25, 0.3) is 10.9 Å². The zero-order valence-corrected chi connectivity index (χ0v) is 8.15. The van der Waals surface area contributed by atoms with Crippen molar-refractivity contribution in [2.24, 2.45) is 0 Å². The van der Waals surface area contributed by atoms with Crippen molar-refractivity contribution in [3.8, 4) is 0 Å². The van der Waals surface area contributed by atoms with E-state index < -0.39 is 46.2 Å². The van der Waals surface area contributed by atoms with Gasteiger partial charge in [-0.25, -0.2) is 26.9 Å². The predicted molar refractivity (Wildman–Crippen MR) is 51.0 cm³/mol. The molecule has 90 valence electrons. The minimum atomic E-state index is -3.01. The average Bonchev–Trinajstić information content (AvgIpc) is 2.24. The fraction of sp³-hybridized carbons (Fsp3) is 0.100. The third-order valence-electron chi connectivity index (χ3n) is 2.20. The summed E-state index contributed by atoms with van der Waals surface area (Å²) in [7, 11) is 0. The monoisotopic (exact) mass is 248 g/mol. The highest BCUT2D eigenvalue weighted by molar-refractivity contribution is 5.91. The molecule has 0 atom stereocenters. The van der Waals surface area contributed by atoms with E-state index in [0.29, 0.717) is 0 Å². The molecule has 0 fully saturated rings. The number of nitrogens with zero attached hydrogens (tertiary/aromatic N) is 1. The Morgan fingerprint density at radius 1 is 1.06 bits per heavy atom. The van der Waals surface area contributed by atoms with Crippen molar-refractivity contribution in [2.45, 2.75) is 6.43 Å². The van der Waals surface area contributed by atoms with Crippen molar-refractivity contribution in [2.75, 3.05) is 5.73 Å². The molecule has 1 heterocycles. The molecule has 1 aromatic carbocycles. The molecule has 2 rings (SSSR count). The van der Waals surface area contributed by atoms with Gasteiger partial charge in [-0.15, -0.1) is 0 Å². The van der Waals surface area contributed by atoms with Gasteiger partial charge in [-0.1, -0.05) is 0 Å². The summed E-state index contributed by atoms with van der Waals surface area (Å²) in [6.45, 7) is 0. The Morgan fingerprint density at radius 3 is 2.29 bits per heavy atom. The lowest BCUT2D eigenvalue weighted by molar-refractivity contribution is 0.146. The summed E-state index contributed by atoms with van der Waals surface area (Å²) in [6, 6.07) is 1.02. The van der Waals surface area contributed by atoms with E-state index in [1.807, 2.05) is 0 Å². The second kappa shape index (κ2) is 3.83. The first-order chi connectivity index (χ1) is 7.91. The average molecular weight is 248 g/mol. The molecule has 0 aliphatic rings. The van der Waals surface area contributed by atoms with Crippen LogP contribution in [0.2, 0.25) is 0 Å². The molecule has 0 radical (unpaired) electrons. The zero-order valence-electron chi connectivity index (χ0n) is 8.15. The number of hydrogen-bond acceptors (Lipinski definition) is 2. The Hall–Kier alpha value is -1.92. The SMILES string of the molecule is Nc1cc(C(F)F)nc2c(F)c(F)cc(F)c12. The first-order valence-electron chi connectivity index (χ1n) is 4.43. The molecule has 0 spiro atoms. The minimum absolute atomic E-state index is 0.289. The topological polar surface area (TPSA) is 38.9 Å². The van der Waals surface area contributed by atoms with E-state index in [2.05, 4.69) is 4.98 Å². The second-order valence-corrected chi connectivity index (χ2v) is 3.31. The highest BCUT2D eigenvalue weighted by Gasteiger charge is 2.19. The molecule has 0 saturated carbocycles. The second-order valence-electron chi connectivity index (χ2n) is 3.31. The van der Waals surface area contributed by atoms with Gasteiger partial charge < -0.3 is 5.73 Å². The van der Waals surface area contributed by atoms with Crippen LogP contribution >= 0.6 is 0 Å². The summed E-state index contributed by atoms with van der Waals surface area (Å²) in [5.41, 5.74) is 3.23. The number of pyridine rings is 1. The number of nitrogen functional groups attached to an aromatic ring is 1. The van der Waals surface area contributed by atoms with Crippen LogP contribution in [0.15, 0.2) is 12.1 Å².